The lowest BCUT2D eigenvalue weighted by molar-refractivity contribution is 0.0697. The molecular weight excluding hydrogens is 324 g/mol. The Bertz CT molecular complexity index is 764. The third-order valence-electron chi connectivity index (χ3n) is 5.12. The summed E-state index contributed by atoms with van der Waals surface area (Å²) in [5, 5.41) is 9.16. The maximum atomic E-state index is 11.2. The molecule has 2 aromatic rings. The Morgan fingerprint density at radius 2 is 1.58 bits per heavy atom. The molecule has 0 radical (unpaired) electrons. The molecule has 138 valence electrons. The Morgan fingerprint density at radius 3 is 2.31 bits per heavy atom. The van der Waals surface area contributed by atoms with Gasteiger partial charge in [-0.2, -0.15) is 0 Å². The molecule has 0 heterocycles. The Kier molecular flexibility index (Phi) is 6.32. The van der Waals surface area contributed by atoms with Crippen LogP contribution >= 0.6 is 0 Å². The summed E-state index contributed by atoms with van der Waals surface area (Å²) in [7, 11) is 0. The molecule has 0 atom stereocenters. The fourth-order valence-electron chi connectivity index (χ4n) is 3.66. The van der Waals surface area contributed by atoms with E-state index in [1.165, 1.54) is 49.7 Å². The van der Waals surface area contributed by atoms with Gasteiger partial charge in [0.25, 0.3) is 0 Å². The molecule has 2 aromatic carbocycles. The van der Waals surface area contributed by atoms with E-state index < -0.39 is 5.97 Å². The molecule has 1 aliphatic carbocycles. The summed E-state index contributed by atoms with van der Waals surface area (Å²) in [5.74, 6) is 0.0449. The van der Waals surface area contributed by atoms with E-state index in [9.17, 15) is 4.79 Å². The molecule has 26 heavy (non-hydrogen) atoms. The summed E-state index contributed by atoms with van der Waals surface area (Å²) in [5.41, 5.74) is 5.00. The van der Waals surface area contributed by atoms with Gasteiger partial charge in [0.15, 0.2) is 0 Å². The number of fused-ring (bicyclic) bond motifs is 3. The van der Waals surface area contributed by atoms with Crippen molar-refractivity contribution in [2.75, 3.05) is 6.61 Å². The van der Waals surface area contributed by atoms with Crippen molar-refractivity contribution in [2.24, 2.45) is 0 Å². The average molecular weight is 352 g/mol. The smallest absolute Gasteiger partial charge is 0.335 e. The topological polar surface area (TPSA) is 46.5 Å². The molecular formula is C23H28O3. The van der Waals surface area contributed by atoms with Crippen LogP contribution in [0.2, 0.25) is 0 Å². The number of rotatable bonds is 10. The van der Waals surface area contributed by atoms with E-state index in [1.807, 2.05) is 12.1 Å². The fourth-order valence-corrected chi connectivity index (χ4v) is 3.66. The quantitative estimate of drug-likeness (QED) is 0.449. The van der Waals surface area contributed by atoms with Gasteiger partial charge in [0, 0.05) is 0 Å². The molecule has 3 rings (SSSR count). The number of aromatic carboxylic acids is 1. The van der Waals surface area contributed by atoms with Crippen molar-refractivity contribution in [1.82, 2.24) is 0 Å². The number of hydrogen-bond donors (Lipinski definition) is 1. The van der Waals surface area contributed by atoms with Crippen LogP contribution < -0.4 is 4.74 Å². The van der Waals surface area contributed by atoms with Crippen molar-refractivity contribution in [3.05, 3.63) is 53.1 Å². The van der Waals surface area contributed by atoms with Crippen molar-refractivity contribution >= 4 is 5.97 Å². The third kappa shape index (κ3) is 4.46. The summed E-state index contributed by atoms with van der Waals surface area (Å²) in [6.07, 6.45) is 9.75. The summed E-state index contributed by atoms with van der Waals surface area (Å²) in [6.45, 7) is 3.01. The zero-order chi connectivity index (χ0) is 18.4. The normalized spacial score (nSPS) is 11.9. The molecule has 0 aliphatic heterocycles. The van der Waals surface area contributed by atoms with Crippen LogP contribution in [0.5, 0.6) is 5.75 Å². The Hall–Kier alpha value is -2.29. The van der Waals surface area contributed by atoms with Gasteiger partial charge in [-0.25, -0.2) is 4.79 Å². The molecule has 0 saturated heterocycles. The predicted molar refractivity (Wildman–Crippen MR) is 105 cm³/mol. The Labute approximate surface area is 156 Å². The minimum atomic E-state index is -0.873. The van der Waals surface area contributed by atoms with Crippen molar-refractivity contribution in [2.45, 2.75) is 58.3 Å². The number of carboxylic acids is 1. The first-order valence-electron chi connectivity index (χ1n) is 9.81. The average Bonchev–Trinajstić information content (AvgIpc) is 3.00. The van der Waals surface area contributed by atoms with E-state index in [4.69, 9.17) is 9.84 Å². The van der Waals surface area contributed by atoms with Gasteiger partial charge < -0.3 is 9.84 Å². The van der Waals surface area contributed by atoms with Crippen LogP contribution in [0.15, 0.2) is 36.4 Å². The second-order valence-corrected chi connectivity index (χ2v) is 7.14. The first-order valence-corrected chi connectivity index (χ1v) is 9.81. The first-order chi connectivity index (χ1) is 12.7. The number of carbonyl (C=O) groups is 1. The first kappa shape index (κ1) is 18.5. The van der Waals surface area contributed by atoms with Crippen LogP contribution in [0.4, 0.5) is 0 Å². The number of ether oxygens (including phenoxy) is 1. The van der Waals surface area contributed by atoms with Gasteiger partial charge in [-0.3, -0.25) is 0 Å². The van der Waals surface area contributed by atoms with Crippen molar-refractivity contribution < 1.29 is 14.6 Å². The number of hydrogen-bond acceptors (Lipinski definition) is 2. The summed E-state index contributed by atoms with van der Waals surface area (Å²) >= 11 is 0. The molecule has 3 nitrogen and oxygen atoms in total. The van der Waals surface area contributed by atoms with Crippen LogP contribution in [0.1, 0.15) is 73.4 Å². The molecule has 0 aromatic heterocycles. The van der Waals surface area contributed by atoms with E-state index in [1.54, 1.807) is 12.1 Å². The van der Waals surface area contributed by atoms with Gasteiger partial charge in [-0.05, 0) is 59.4 Å². The van der Waals surface area contributed by atoms with Gasteiger partial charge in [0.05, 0.1) is 12.2 Å². The van der Waals surface area contributed by atoms with E-state index in [0.717, 1.165) is 36.3 Å². The summed E-state index contributed by atoms with van der Waals surface area (Å²) in [6, 6.07) is 11.6. The summed E-state index contributed by atoms with van der Waals surface area (Å²) in [4.78, 5) is 11.2. The lowest BCUT2D eigenvalue weighted by Crippen LogP contribution is -1.98. The lowest BCUT2D eigenvalue weighted by atomic mass is 10.0. The largest absolute Gasteiger partial charge is 0.494 e. The highest BCUT2D eigenvalue weighted by molar-refractivity contribution is 5.90. The monoisotopic (exact) mass is 352 g/mol. The van der Waals surface area contributed by atoms with E-state index in [-0.39, 0.29) is 0 Å². The molecule has 0 bridgehead atoms. The van der Waals surface area contributed by atoms with Crippen molar-refractivity contribution in [3.63, 3.8) is 0 Å². The van der Waals surface area contributed by atoms with Crippen LogP contribution in [-0.4, -0.2) is 17.7 Å². The minimum absolute atomic E-state index is 0.354. The molecule has 0 unspecified atom stereocenters. The van der Waals surface area contributed by atoms with Gasteiger partial charge in [-0.1, -0.05) is 57.6 Å². The molecule has 0 saturated carbocycles. The Balaban J connectivity index is 1.51. The van der Waals surface area contributed by atoms with Crippen LogP contribution in [0.3, 0.4) is 0 Å². The second kappa shape index (κ2) is 8.88. The molecule has 1 N–H and O–H groups in total. The van der Waals surface area contributed by atoms with Crippen LogP contribution in [0, 0.1) is 0 Å². The molecule has 0 spiro atoms. The zero-order valence-corrected chi connectivity index (χ0v) is 15.6. The van der Waals surface area contributed by atoms with Crippen LogP contribution in [-0.2, 0) is 6.42 Å². The molecule has 0 amide bonds. The number of benzene rings is 2. The number of unbranched alkanes of at least 4 members (excludes halogenated alkanes) is 6. The van der Waals surface area contributed by atoms with E-state index in [2.05, 4.69) is 19.1 Å². The maximum Gasteiger partial charge on any atom is 0.335 e. The highest BCUT2D eigenvalue weighted by atomic mass is 16.5. The van der Waals surface area contributed by atoms with E-state index >= 15 is 0 Å². The molecule has 1 aliphatic rings. The van der Waals surface area contributed by atoms with Gasteiger partial charge in [0.2, 0.25) is 0 Å². The highest BCUT2D eigenvalue weighted by Gasteiger charge is 2.20. The molecule has 3 heteroatoms. The van der Waals surface area contributed by atoms with Gasteiger partial charge in [0.1, 0.15) is 5.75 Å². The highest BCUT2D eigenvalue weighted by Crippen LogP contribution is 2.38. The van der Waals surface area contributed by atoms with E-state index in [0.29, 0.717) is 5.56 Å². The van der Waals surface area contributed by atoms with Gasteiger partial charge >= 0.3 is 5.97 Å². The summed E-state index contributed by atoms with van der Waals surface area (Å²) < 4.78 is 5.93. The lowest BCUT2D eigenvalue weighted by Gasteiger charge is -2.08. The standard InChI is InChI=1S/C23H28O3/c1-2-3-4-5-6-7-8-13-26-20-10-12-22-19(16-20)15-18-14-17(23(24)25)9-11-21(18)22/h9-12,14,16H,2-8,13,15H2,1H3,(H,24,25). The predicted octanol–water partition coefficient (Wildman–Crippen LogP) is 6.09. The van der Waals surface area contributed by atoms with Crippen molar-refractivity contribution in [3.8, 4) is 16.9 Å². The van der Waals surface area contributed by atoms with Gasteiger partial charge in [-0.15, -0.1) is 0 Å². The number of carboxylic acid groups (broad SMARTS) is 1. The second-order valence-electron chi connectivity index (χ2n) is 7.14. The third-order valence-corrected chi connectivity index (χ3v) is 5.12. The minimum Gasteiger partial charge on any atom is -0.494 e. The van der Waals surface area contributed by atoms with Crippen molar-refractivity contribution in [1.29, 1.82) is 0 Å². The SMILES string of the molecule is CCCCCCCCCOc1ccc2c(c1)Cc1cc(C(=O)O)ccc1-2. The Morgan fingerprint density at radius 1 is 0.923 bits per heavy atom. The maximum absolute atomic E-state index is 11.2. The fraction of sp³-hybridized carbons (Fsp3) is 0.435. The van der Waals surface area contributed by atoms with Crippen LogP contribution in [0.25, 0.3) is 11.1 Å². The zero-order valence-electron chi connectivity index (χ0n) is 15.6. The molecule has 0 fully saturated rings.